The molecule has 2 N–H and O–H groups in total. The Labute approximate surface area is 115 Å². The molecule has 2 atom stereocenters. The zero-order chi connectivity index (χ0) is 13.8. The van der Waals surface area contributed by atoms with E-state index in [1.165, 1.54) is 11.1 Å². The highest BCUT2D eigenvalue weighted by molar-refractivity contribution is 5.80. The molecule has 19 heavy (non-hydrogen) atoms. The second-order valence-corrected chi connectivity index (χ2v) is 5.35. The Kier molecular flexibility index (Phi) is 4.59. The summed E-state index contributed by atoms with van der Waals surface area (Å²) in [4.78, 5) is 14.0. The maximum Gasteiger partial charge on any atom is 0.224 e. The van der Waals surface area contributed by atoms with Gasteiger partial charge in [0, 0.05) is 19.0 Å². The number of aryl methyl sites for hydroxylation is 1. The van der Waals surface area contributed by atoms with Crippen LogP contribution in [0, 0.1) is 0 Å². The summed E-state index contributed by atoms with van der Waals surface area (Å²) in [6.45, 7) is 5.11. The molecular weight excluding hydrogens is 236 g/mol. The van der Waals surface area contributed by atoms with Crippen LogP contribution in [0.25, 0.3) is 0 Å². The minimum absolute atomic E-state index is 0.0601. The van der Waals surface area contributed by atoms with E-state index in [2.05, 4.69) is 38.1 Å². The zero-order valence-electron chi connectivity index (χ0n) is 11.9. The molecule has 0 bridgehead atoms. The van der Waals surface area contributed by atoms with Crippen LogP contribution in [0.4, 0.5) is 0 Å². The average molecular weight is 260 g/mol. The van der Waals surface area contributed by atoms with Crippen LogP contribution < -0.4 is 5.73 Å². The molecule has 1 saturated heterocycles. The minimum Gasteiger partial charge on any atom is -0.334 e. The number of nitrogens with two attached hydrogens (primary N) is 1. The smallest absolute Gasteiger partial charge is 0.224 e. The molecule has 1 fully saturated rings. The second kappa shape index (κ2) is 6.20. The van der Waals surface area contributed by atoms with Crippen LogP contribution >= 0.6 is 0 Å². The number of hydrogen-bond acceptors (Lipinski definition) is 2. The van der Waals surface area contributed by atoms with Crippen LogP contribution in [0.3, 0.4) is 0 Å². The highest BCUT2D eigenvalue weighted by Gasteiger charge is 2.37. The van der Waals surface area contributed by atoms with E-state index in [1.807, 2.05) is 4.90 Å². The predicted octanol–water partition coefficient (Wildman–Crippen LogP) is 2.65. The minimum atomic E-state index is -0.0724. The quantitative estimate of drug-likeness (QED) is 0.884. The van der Waals surface area contributed by atoms with Crippen molar-refractivity contribution >= 4 is 5.91 Å². The van der Waals surface area contributed by atoms with Crippen molar-refractivity contribution in [3.8, 4) is 0 Å². The molecule has 2 unspecified atom stereocenters. The lowest BCUT2D eigenvalue weighted by Crippen LogP contribution is -2.33. The predicted molar refractivity (Wildman–Crippen MR) is 77.8 cm³/mol. The van der Waals surface area contributed by atoms with E-state index in [4.69, 9.17) is 5.73 Å². The third kappa shape index (κ3) is 2.98. The topological polar surface area (TPSA) is 46.3 Å². The molecule has 0 radical (unpaired) electrons. The number of rotatable bonds is 5. The van der Waals surface area contributed by atoms with E-state index in [-0.39, 0.29) is 18.0 Å². The molecule has 1 aliphatic heterocycles. The van der Waals surface area contributed by atoms with Gasteiger partial charge in [-0.3, -0.25) is 4.79 Å². The Bertz CT molecular complexity index is 427. The highest BCUT2D eigenvalue weighted by Crippen LogP contribution is 2.32. The van der Waals surface area contributed by atoms with E-state index in [1.54, 1.807) is 0 Å². The van der Waals surface area contributed by atoms with Gasteiger partial charge in [-0.05, 0) is 24.0 Å². The van der Waals surface area contributed by atoms with Crippen LogP contribution in [-0.4, -0.2) is 23.4 Å². The Morgan fingerprint density at radius 1 is 1.26 bits per heavy atom. The van der Waals surface area contributed by atoms with Crippen LogP contribution in [-0.2, 0) is 11.2 Å². The maximum atomic E-state index is 12.0. The first-order chi connectivity index (χ1) is 9.17. The molecule has 0 spiro atoms. The monoisotopic (exact) mass is 260 g/mol. The molecule has 0 aromatic heterocycles. The van der Waals surface area contributed by atoms with Crippen molar-refractivity contribution in [2.24, 2.45) is 5.73 Å². The van der Waals surface area contributed by atoms with Gasteiger partial charge in [0.2, 0.25) is 5.91 Å². The van der Waals surface area contributed by atoms with Gasteiger partial charge >= 0.3 is 0 Å². The lowest BCUT2D eigenvalue weighted by Gasteiger charge is -2.27. The second-order valence-electron chi connectivity index (χ2n) is 5.35. The molecule has 3 nitrogen and oxygen atoms in total. The van der Waals surface area contributed by atoms with Gasteiger partial charge in [0.25, 0.3) is 0 Å². The maximum absolute atomic E-state index is 12.0. The summed E-state index contributed by atoms with van der Waals surface area (Å²) < 4.78 is 0. The van der Waals surface area contributed by atoms with Gasteiger partial charge in [-0.1, -0.05) is 44.5 Å². The summed E-state index contributed by atoms with van der Waals surface area (Å²) in [5.74, 6) is 0.200. The van der Waals surface area contributed by atoms with E-state index < -0.39 is 0 Å². The molecule has 3 heteroatoms. The SMILES string of the molecule is CCCCN1C(=O)CC(N)C1c1ccc(CC)cc1. The first kappa shape index (κ1) is 14.1. The normalized spacial score (nSPS) is 23.1. The largest absolute Gasteiger partial charge is 0.334 e. The molecule has 1 aromatic rings. The van der Waals surface area contributed by atoms with Gasteiger partial charge < -0.3 is 10.6 Å². The lowest BCUT2D eigenvalue weighted by atomic mass is 9.99. The van der Waals surface area contributed by atoms with Crippen molar-refractivity contribution in [1.29, 1.82) is 0 Å². The fraction of sp³-hybridized carbons (Fsp3) is 0.562. The first-order valence-electron chi connectivity index (χ1n) is 7.31. The first-order valence-corrected chi connectivity index (χ1v) is 7.31. The number of benzene rings is 1. The molecule has 0 saturated carbocycles. The van der Waals surface area contributed by atoms with Crippen molar-refractivity contribution in [3.63, 3.8) is 0 Å². The molecule has 0 aliphatic carbocycles. The van der Waals surface area contributed by atoms with Crippen molar-refractivity contribution in [2.75, 3.05) is 6.54 Å². The fourth-order valence-electron chi connectivity index (χ4n) is 2.79. The lowest BCUT2D eigenvalue weighted by molar-refractivity contribution is -0.129. The van der Waals surface area contributed by atoms with E-state index >= 15 is 0 Å². The molecule has 1 aromatic carbocycles. The van der Waals surface area contributed by atoms with E-state index in [0.29, 0.717) is 6.42 Å². The van der Waals surface area contributed by atoms with E-state index in [0.717, 1.165) is 25.8 Å². The molecule has 1 amide bonds. The Hall–Kier alpha value is -1.35. The van der Waals surface area contributed by atoms with Crippen molar-refractivity contribution in [2.45, 2.75) is 51.6 Å². The van der Waals surface area contributed by atoms with Gasteiger partial charge in [0.05, 0.1) is 6.04 Å². The summed E-state index contributed by atoms with van der Waals surface area (Å²) in [5.41, 5.74) is 8.67. The zero-order valence-corrected chi connectivity index (χ0v) is 11.9. The average Bonchev–Trinajstić information content (AvgIpc) is 2.71. The third-order valence-corrected chi connectivity index (χ3v) is 3.95. The summed E-state index contributed by atoms with van der Waals surface area (Å²) in [7, 11) is 0. The van der Waals surface area contributed by atoms with Crippen molar-refractivity contribution in [3.05, 3.63) is 35.4 Å². The number of carbonyl (C=O) groups excluding carboxylic acids is 1. The molecule has 1 aliphatic rings. The van der Waals surface area contributed by atoms with Gasteiger partial charge in [-0.15, -0.1) is 0 Å². The van der Waals surface area contributed by atoms with Gasteiger partial charge in [-0.2, -0.15) is 0 Å². The van der Waals surface area contributed by atoms with E-state index in [9.17, 15) is 4.79 Å². The molecule has 1 heterocycles. The van der Waals surface area contributed by atoms with Crippen LogP contribution in [0.1, 0.15) is 50.3 Å². The Balaban J connectivity index is 2.20. The van der Waals surface area contributed by atoms with Crippen LogP contribution in [0.5, 0.6) is 0 Å². The van der Waals surface area contributed by atoms with Gasteiger partial charge in [0.15, 0.2) is 0 Å². The number of nitrogens with zero attached hydrogens (tertiary/aromatic N) is 1. The molecular formula is C16H24N2O. The Morgan fingerprint density at radius 2 is 1.95 bits per heavy atom. The Morgan fingerprint density at radius 3 is 2.53 bits per heavy atom. The van der Waals surface area contributed by atoms with Crippen LogP contribution in [0.15, 0.2) is 24.3 Å². The van der Waals surface area contributed by atoms with Gasteiger partial charge in [-0.25, -0.2) is 0 Å². The number of carbonyl (C=O) groups is 1. The number of likely N-dealkylation sites (tertiary alicyclic amines) is 1. The summed E-state index contributed by atoms with van der Waals surface area (Å²) in [6, 6.07) is 8.52. The third-order valence-electron chi connectivity index (χ3n) is 3.95. The standard InChI is InChI=1S/C16H24N2O/c1-3-5-10-18-15(19)11-14(17)16(18)13-8-6-12(4-2)7-9-13/h6-9,14,16H,3-5,10-11,17H2,1-2H3. The summed E-state index contributed by atoms with van der Waals surface area (Å²) >= 11 is 0. The highest BCUT2D eigenvalue weighted by atomic mass is 16.2. The number of unbranched alkanes of at least 4 members (excludes halogenated alkanes) is 1. The number of amides is 1. The summed E-state index contributed by atoms with van der Waals surface area (Å²) in [5, 5.41) is 0. The number of hydrogen-bond donors (Lipinski definition) is 1. The fourth-order valence-corrected chi connectivity index (χ4v) is 2.79. The molecule has 2 rings (SSSR count). The van der Waals surface area contributed by atoms with Crippen LogP contribution in [0.2, 0.25) is 0 Å². The van der Waals surface area contributed by atoms with Crippen molar-refractivity contribution in [1.82, 2.24) is 4.90 Å². The van der Waals surface area contributed by atoms with Gasteiger partial charge in [0.1, 0.15) is 0 Å². The molecule has 104 valence electrons. The van der Waals surface area contributed by atoms with Crippen molar-refractivity contribution < 1.29 is 4.79 Å². The summed E-state index contributed by atoms with van der Waals surface area (Å²) in [6.07, 6.45) is 3.65.